The van der Waals surface area contributed by atoms with Crippen molar-refractivity contribution in [1.29, 1.82) is 0 Å². The zero-order chi connectivity index (χ0) is 40.4. The Hall–Kier alpha value is -5.52. The molecule has 2 saturated heterocycles. The van der Waals surface area contributed by atoms with Crippen LogP contribution in [-0.4, -0.2) is 72.1 Å². The summed E-state index contributed by atoms with van der Waals surface area (Å²) in [6.07, 6.45) is 0.257. The fraction of sp³-hybridized carbons (Fsp3) is 0.436. The molecular weight excluding hydrogens is 758 g/mol. The summed E-state index contributed by atoms with van der Waals surface area (Å²) in [7, 11) is 1.51. The number of likely N-dealkylation sites (tertiary alicyclic amines) is 1. The van der Waals surface area contributed by atoms with Gasteiger partial charge < -0.3 is 5.32 Å². The van der Waals surface area contributed by atoms with E-state index in [2.05, 4.69) is 20.7 Å². The number of amides is 3. The van der Waals surface area contributed by atoms with Gasteiger partial charge in [0.05, 0.1) is 40.7 Å². The second-order valence-corrected chi connectivity index (χ2v) is 15.3. The summed E-state index contributed by atoms with van der Waals surface area (Å²) in [5.74, 6) is -6.93. The zero-order valence-electron chi connectivity index (χ0n) is 30.7. The number of aryl methyl sites for hydroxylation is 1. The molecule has 3 aromatic heterocycles. The molecule has 8 rings (SSSR count). The number of aromatic nitrogens is 5. The van der Waals surface area contributed by atoms with Gasteiger partial charge in [-0.2, -0.15) is 18.3 Å². The number of anilines is 1. The number of carbonyl (C=O) groups excluding carboxylic acids is 3. The van der Waals surface area contributed by atoms with Crippen molar-refractivity contribution in [3.05, 3.63) is 88.0 Å². The number of carbonyl (C=O) groups is 3. The number of alkyl halides is 5. The van der Waals surface area contributed by atoms with Crippen LogP contribution in [0.5, 0.6) is 0 Å². The topological polar surface area (TPSA) is 136 Å². The van der Waals surface area contributed by atoms with Gasteiger partial charge in [0.2, 0.25) is 11.8 Å². The van der Waals surface area contributed by atoms with Gasteiger partial charge >= 0.3 is 11.9 Å². The number of pyridine rings is 1. The van der Waals surface area contributed by atoms with E-state index in [-0.39, 0.29) is 36.9 Å². The van der Waals surface area contributed by atoms with E-state index < -0.39 is 71.2 Å². The van der Waals surface area contributed by atoms with Gasteiger partial charge in [-0.3, -0.25) is 38.4 Å². The van der Waals surface area contributed by atoms with Crippen LogP contribution in [0.3, 0.4) is 0 Å². The molecule has 5 aromatic rings. The Morgan fingerprint density at radius 2 is 1.75 bits per heavy atom. The minimum atomic E-state index is -4.75. The smallest absolute Gasteiger partial charge is 0.318 e. The van der Waals surface area contributed by atoms with E-state index in [0.29, 0.717) is 53.4 Å². The highest BCUT2D eigenvalue weighted by molar-refractivity contribution is 6.04. The number of para-hydroxylation sites is 1. The van der Waals surface area contributed by atoms with Crippen LogP contribution in [0.2, 0.25) is 0 Å². The molecule has 2 N–H and O–H groups in total. The Morgan fingerprint density at radius 3 is 2.47 bits per heavy atom. The Balaban J connectivity index is 0.900. The zero-order valence-corrected chi connectivity index (χ0v) is 30.7. The molecule has 3 fully saturated rings. The molecule has 0 radical (unpaired) electrons. The number of fused-ring (bicyclic) bond motifs is 2. The summed E-state index contributed by atoms with van der Waals surface area (Å²) in [6.45, 7) is 0.464. The molecule has 18 heteroatoms. The summed E-state index contributed by atoms with van der Waals surface area (Å²) in [5, 5.41) is 9.62. The standard InChI is InChI=1S/C39H38F6N8O4/c1-50-34-24(4-2-6-30(34)53(37(50)57)31-12-13-33(54)48-36(31)56)25-14-15-51(20-38(25,41)42)18-21-8-10-23(11-9-21)52-19-22-16-29(26(40)17-28(22)49-52)47-35(55)27-5-3-7-32(46-27)39(43,44)45/h2-7,16-17,19,21,23,25,31H,8-15,18,20H2,1H3,(H,47,55)(H,48,54,56)/t21-,23-,25?,31?. The molecule has 2 atom stereocenters. The number of imide groups is 1. The van der Waals surface area contributed by atoms with E-state index in [0.717, 1.165) is 37.1 Å². The summed E-state index contributed by atoms with van der Waals surface area (Å²) < 4.78 is 90.8. The first-order valence-electron chi connectivity index (χ1n) is 18.7. The molecule has 12 nitrogen and oxygen atoms in total. The average Bonchev–Trinajstić information content (AvgIpc) is 3.68. The Bertz CT molecular complexity index is 2470. The lowest BCUT2D eigenvalue weighted by Crippen LogP contribution is -2.49. The number of piperidine rings is 2. The fourth-order valence-corrected chi connectivity index (χ4v) is 8.74. The van der Waals surface area contributed by atoms with Crippen molar-refractivity contribution >= 4 is 45.3 Å². The first-order valence-corrected chi connectivity index (χ1v) is 18.7. The molecule has 3 amide bonds. The Kier molecular flexibility index (Phi) is 9.72. The van der Waals surface area contributed by atoms with Gasteiger partial charge in [0.15, 0.2) is 0 Å². The minimum absolute atomic E-state index is 0.0316. The number of halogens is 6. The van der Waals surface area contributed by atoms with E-state index >= 15 is 13.2 Å². The summed E-state index contributed by atoms with van der Waals surface area (Å²) >= 11 is 0. The third kappa shape index (κ3) is 7.30. The SMILES string of the molecule is Cn1c(=O)n(C2CCC(=O)NC2=O)c2cccc(C3CCN(C[C@H]4CC[C@H](n5cc6cc(NC(=O)c7cccc(C(F)(F)F)n7)c(F)cc6n5)CC4)CC3(F)F)c21. The molecule has 2 aromatic carbocycles. The van der Waals surface area contributed by atoms with Crippen LogP contribution in [0, 0.1) is 11.7 Å². The molecule has 1 aliphatic carbocycles. The second kappa shape index (κ2) is 14.5. The van der Waals surface area contributed by atoms with Gasteiger partial charge in [-0.15, -0.1) is 0 Å². The molecule has 1 saturated carbocycles. The van der Waals surface area contributed by atoms with Gasteiger partial charge in [-0.05, 0) is 80.8 Å². The van der Waals surface area contributed by atoms with Crippen molar-refractivity contribution in [2.24, 2.45) is 13.0 Å². The maximum absolute atomic E-state index is 16.1. The third-order valence-corrected chi connectivity index (χ3v) is 11.5. The second-order valence-electron chi connectivity index (χ2n) is 15.3. The highest BCUT2D eigenvalue weighted by Crippen LogP contribution is 2.44. The molecule has 0 spiro atoms. The van der Waals surface area contributed by atoms with Crippen LogP contribution in [0.25, 0.3) is 21.9 Å². The van der Waals surface area contributed by atoms with Gasteiger partial charge in [0, 0.05) is 37.7 Å². The number of nitrogens with zero attached hydrogens (tertiary/aromatic N) is 6. The molecule has 300 valence electrons. The molecule has 0 bridgehead atoms. The molecular formula is C39H38F6N8O4. The lowest BCUT2D eigenvalue weighted by Gasteiger charge is -2.41. The molecule has 3 aliphatic rings. The minimum Gasteiger partial charge on any atom is -0.318 e. The average molecular weight is 797 g/mol. The van der Waals surface area contributed by atoms with E-state index in [1.807, 2.05) is 0 Å². The van der Waals surface area contributed by atoms with Crippen LogP contribution >= 0.6 is 0 Å². The summed E-state index contributed by atoms with van der Waals surface area (Å²) in [4.78, 5) is 55.6. The third-order valence-electron chi connectivity index (χ3n) is 11.5. The normalized spacial score (nSPS) is 23.2. The van der Waals surface area contributed by atoms with Crippen LogP contribution < -0.4 is 16.3 Å². The van der Waals surface area contributed by atoms with Crippen LogP contribution in [0.4, 0.5) is 32.0 Å². The van der Waals surface area contributed by atoms with Gasteiger partial charge in [-0.25, -0.2) is 22.9 Å². The predicted molar refractivity (Wildman–Crippen MR) is 195 cm³/mol. The number of nitrogens with one attached hydrogen (secondary N) is 2. The largest absolute Gasteiger partial charge is 0.433 e. The lowest BCUT2D eigenvalue weighted by molar-refractivity contribution is -0.141. The van der Waals surface area contributed by atoms with Gasteiger partial charge in [0.25, 0.3) is 11.8 Å². The molecule has 57 heavy (non-hydrogen) atoms. The maximum atomic E-state index is 16.1. The van der Waals surface area contributed by atoms with Crippen LogP contribution in [0.15, 0.2) is 59.5 Å². The van der Waals surface area contributed by atoms with E-state index in [1.54, 1.807) is 34.0 Å². The fourth-order valence-electron chi connectivity index (χ4n) is 8.74. The Morgan fingerprint density at radius 1 is 1.00 bits per heavy atom. The van der Waals surface area contributed by atoms with Crippen molar-refractivity contribution in [1.82, 2.24) is 34.1 Å². The van der Waals surface area contributed by atoms with E-state index in [1.165, 1.54) is 22.2 Å². The van der Waals surface area contributed by atoms with Crippen LogP contribution in [0.1, 0.15) is 84.7 Å². The first kappa shape index (κ1) is 38.4. The van der Waals surface area contributed by atoms with Crippen molar-refractivity contribution in [2.45, 2.75) is 75.0 Å². The number of rotatable bonds is 7. The first-order chi connectivity index (χ1) is 27.1. The van der Waals surface area contributed by atoms with Crippen molar-refractivity contribution in [3.8, 4) is 0 Å². The summed E-state index contributed by atoms with van der Waals surface area (Å²) in [6, 6.07) is 9.31. The molecule has 2 aliphatic heterocycles. The lowest BCUT2D eigenvalue weighted by atomic mass is 9.83. The van der Waals surface area contributed by atoms with Crippen LogP contribution in [-0.2, 0) is 22.8 Å². The highest BCUT2D eigenvalue weighted by Gasteiger charge is 2.47. The molecule has 5 heterocycles. The van der Waals surface area contributed by atoms with Crippen molar-refractivity contribution in [2.75, 3.05) is 25.0 Å². The number of hydrogen-bond acceptors (Lipinski definition) is 7. The summed E-state index contributed by atoms with van der Waals surface area (Å²) in [5.41, 5.74) is -1.11. The van der Waals surface area contributed by atoms with Crippen molar-refractivity contribution < 1.29 is 40.7 Å². The highest BCUT2D eigenvalue weighted by atomic mass is 19.4. The van der Waals surface area contributed by atoms with E-state index in [9.17, 15) is 32.3 Å². The van der Waals surface area contributed by atoms with Crippen molar-refractivity contribution in [3.63, 3.8) is 0 Å². The quantitative estimate of drug-likeness (QED) is 0.145. The monoisotopic (exact) mass is 796 g/mol. The van der Waals surface area contributed by atoms with E-state index in [4.69, 9.17) is 0 Å². The number of benzene rings is 2. The molecule has 2 unspecified atom stereocenters. The Labute approximate surface area is 320 Å². The number of hydrogen-bond donors (Lipinski definition) is 2. The van der Waals surface area contributed by atoms with Gasteiger partial charge in [-0.1, -0.05) is 18.2 Å². The van der Waals surface area contributed by atoms with Gasteiger partial charge in [0.1, 0.15) is 23.2 Å². The predicted octanol–water partition coefficient (Wildman–Crippen LogP) is 6.33. The number of imidazole rings is 1. The maximum Gasteiger partial charge on any atom is 0.433 e.